The molecule has 1 N–H and O–H groups in total. The summed E-state index contributed by atoms with van der Waals surface area (Å²) >= 11 is 5.79. The predicted molar refractivity (Wildman–Crippen MR) is 105 cm³/mol. The SMILES string of the molecule is O=C(CCS(=O)(=O)c1ccc(Cl)cc1)N1CCC(c2ccc(O)cc2)CC1. The van der Waals surface area contributed by atoms with E-state index in [4.69, 9.17) is 11.6 Å². The Morgan fingerprint density at radius 3 is 2.22 bits per heavy atom. The summed E-state index contributed by atoms with van der Waals surface area (Å²) in [6, 6.07) is 13.2. The van der Waals surface area contributed by atoms with Crippen molar-refractivity contribution < 1.29 is 18.3 Å². The first-order valence-electron chi connectivity index (χ1n) is 8.90. The van der Waals surface area contributed by atoms with Crippen LogP contribution in [0, 0.1) is 0 Å². The fourth-order valence-corrected chi connectivity index (χ4v) is 4.70. The summed E-state index contributed by atoms with van der Waals surface area (Å²) in [6.45, 7) is 1.23. The van der Waals surface area contributed by atoms with E-state index < -0.39 is 9.84 Å². The summed E-state index contributed by atoms with van der Waals surface area (Å²) in [5.74, 6) is 0.267. The topological polar surface area (TPSA) is 74.7 Å². The van der Waals surface area contributed by atoms with Crippen LogP contribution >= 0.6 is 11.6 Å². The van der Waals surface area contributed by atoms with Gasteiger partial charge in [-0.05, 0) is 60.7 Å². The van der Waals surface area contributed by atoms with Gasteiger partial charge in [-0.2, -0.15) is 0 Å². The number of carbonyl (C=O) groups excluding carboxylic acids is 1. The molecule has 7 heteroatoms. The monoisotopic (exact) mass is 407 g/mol. The normalized spacial score (nSPS) is 15.7. The third-order valence-electron chi connectivity index (χ3n) is 4.97. The average molecular weight is 408 g/mol. The van der Waals surface area contributed by atoms with Crippen molar-refractivity contribution in [1.82, 2.24) is 4.90 Å². The molecule has 0 radical (unpaired) electrons. The van der Waals surface area contributed by atoms with Gasteiger partial charge in [0.2, 0.25) is 5.91 Å². The summed E-state index contributed by atoms with van der Waals surface area (Å²) in [7, 11) is -3.50. The van der Waals surface area contributed by atoms with Crippen LogP contribution in [0.4, 0.5) is 0 Å². The number of aromatic hydroxyl groups is 1. The van der Waals surface area contributed by atoms with Gasteiger partial charge in [0.25, 0.3) is 0 Å². The first kappa shape index (κ1) is 19.7. The Morgan fingerprint density at radius 2 is 1.63 bits per heavy atom. The lowest BCUT2D eigenvalue weighted by Crippen LogP contribution is -2.38. The molecule has 0 unspecified atom stereocenters. The number of rotatable bonds is 5. The molecule has 0 spiro atoms. The predicted octanol–water partition coefficient (Wildman–Crippen LogP) is 3.62. The van der Waals surface area contributed by atoms with Gasteiger partial charge in [0.05, 0.1) is 10.6 Å². The number of benzene rings is 2. The highest BCUT2D eigenvalue weighted by molar-refractivity contribution is 7.91. The summed E-state index contributed by atoms with van der Waals surface area (Å²) in [5, 5.41) is 9.86. The van der Waals surface area contributed by atoms with Gasteiger partial charge in [-0.25, -0.2) is 8.42 Å². The van der Waals surface area contributed by atoms with Crippen LogP contribution in [0.5, 0.6) is 5.75 Å². The van der Waals surface area contributed by atoms with Crippen LogP contribution in [-0.2, 0) is 14.6 Å². The maximum atomic E-state index is 12.4. The van der Waals surface area contributed by atoms with Crippen LogP contribution in [0.2, 0.25) is 5.02 Å². The molecular formula is C20H22ClNO4S. The molecule has 0 bridgehead atoms. The van der Waals surface area contributed by atoms with Gasteiger partial charge in [-0.15, -0.1) is 0 Å². The van der Waals surface area contributed by atoms with Crippen LogP contribution in [0.25, 0.3) is 0 Å². The largest absolute Gasteiger partial charge is 0.508 e. The zero-order chi connectivity index (χ0) is 19.4. The van der Waals surface area contributed by atoms with Crippen molar-refractivity contribution in [1.29, 1.82) is 0 Å². The molecule has 144 valence electrons. The van der Waals surface area contributed by atoms with Crippen molar-refractivity contribution in [2.75, 3.05) is 18.8 Å². The molecule has 0 aromatic heterocycles. The molecule has 1 heterocycles. The Labute approximate surface area is 164 Å². The first-order chi connectivity index (χ1) is 12.8. The molecule has 1 saturated heterocycles. The van der Waals surface area contributed by atoms with E-state index in [0.29, 0.717) is 24.0 Å². The smallest absolute Gasteiger partial charge is 0.223 e. The molecule has 2 aromatic carbocycles. The molecular weight excluding hydrogens is 386 g/mol. The number of piperidine rings is 1. The van der Waals surface area contributed by atoms with Gasteiger partial charge in [0.15, 0.2) is 9.84 Å². The Morgan fingerprint density at radius 1 is 1.04 bits per heavy atom. The minimum Gasteiger partial charge on any atom is -0.508 e. The Balaban J connectivity index is 1.52. The molecule has 0 aliphatic carbocycles. The van der Waals surface area contributed by atoms with E-state index in [1.165, 1.54) is 24.3 Å². The minimum absolute atomic E-state index is 0.0190. The Hall–Kier alpha value is -2.05. The molecule has 5 nitrogen and oxygen atoms in total. The average Bonchev–Trinajstić information content (AvgIpc) is 2.67. The van der Waals surface area contributed by atoms with Crippen LogP contribution < -0.4 is 0 Å². The molecule has 0 atom stereocenters. The van der Waals surface area contributed by atoms with Crippen LogP contribution in [0.3, 0.4) is 0 Å². The highest BCUT2D eigenvalue weighted by atomic mass is 35.5. The number of sulfone groups is 1. The van der Waals surface area contributed by atoms with E-state index in [2.05, 4.69) is 0 Å². The van der Waals surface area contributed by atoms with E-state index >= 15 is 0 Å². The highest BCUT2D eigenvalue weighted by Gasteiger charge is 2.25. The second-order valence-corrected chi connectivity index (χ2v) is 9.31. The zero-order valence-electron chi connectivity index (χ0n) is 14.8. The van der Waals surface area contributed by atoms with Crippen LogP contribution in [0.1, 0.15) is 30.7 Å². The molecule has 2 aromatic rings. The summed E-state index contributed by atoms with van der Waals surface area (Å²) in [6.07, 6.45) is 1.65. The van der Waals surface area contributed by atoms with Crippen molar-refractivity contribution in [2.24, 2.45) is 0 Å². The third-order valence-corrected chi connectivity index (χ3v) is 6.95. The Bertz CT molecular complexity index is 887. The van der Waals surface area contributed by atoms with Crippen molar-refractivity contribution in [3.8, 4) is 5.75 Å². The van der Waals surface area contributed by atoms with Gasteiger partial charge in [0, 0.05) is 24.5 Å². The molecule has 1 aliphatic rings. The number of halogens is 1. The number of hydrogen-bond donors (Lipinski definition) is 1. The number of phenols is 1. The maximum Gasteiger partial charge on any atom is 0.223 e. The third kappa shape index (κ3) is 5.02. The molecule has 0 saturated carbocycles. The zero-order valence-corrected chi connectivity index (χ0v) is 16.4. The number of phenolic OH excluding ortho intramolecular Hbond substituents is 1. The van der Waals surface area contributed by atoms with Gasteiger partial charge in [0.1, 0.15) is 5.75 Å². The summed E-state index contributed by atoms with van der Waals surface area (Å²) in [5.41, 5.74) is 1.16. The fourth-order valence-electron chi connectivity index (χ4n) is 3.35. The van der Waals surface area contributed by atoms with Gasteiger partial charge in [-0.3, -0.25) is 4.79 Å². The second-order valence-electron chi connectivity index (χ2n) is 6.77. The van der Waals surface area contributed by atoms with E-state index in [0.717, 1.165) is 18.4 Å². The lowest BCUT2D eigenvalue weighted by molar-refractivity contribution is -0.131. The second kappa shape index (κ2) is 8.31. The number of likely N-dealkylation sites (tertiary alicyclic amines) is 1. The number of nitrogens with zero attached hydrogens (tertiary/aromatic N) is 1. The number of carbonyl (C=O) groups is 1. The number of hydrogen-bond acceptors (Lipinski definition) is 4. The summed E-state index contributed by atoms with van der Waals surface area (Å²) < 4.78 is 24.7. The fraction of sp³-hybridized carbons (Fsp3) is 0.350. The van der Waals surface area contributed by atoms with Crippen molar-refractivity contribution in [2.45, 2.75) is 30.1 Å². The lowest BCUT2D eigenvalue weighted by Gasteiger charge is -2.32. The van der Waals surface area contributed by atoms with E-state index in [1.54, 1.807) is 17.0 Å². The van der Waals surface area contributed by atoms with E-state index in [1.807, 2.05) is 12.1 Å². The lowest BCUT2D eigenvalue weighted by atomic mass is 9.89. The van der Waals surface area contributed by atoms with Gasteiger partial charge in [-0.1, -0.05) is 23.7 Å². The molecule has 27 heavy (non-hydrogen) atoms. The number of amides is 1. The molecule has 1 aliphatic heterocycles. The van der Waals surface area contributed by atoms with E-state index in [9.17, 15) is 18.3 Å². The minimum atomic E-state index is -3.50. The molecule has 1 amide bonds. The first-order valence-corrected chi connectivity index (χ1v) is 10.9. The maximum absolute atomic E-state index is 12.4. The van der Waals surface area contributed by atoms with Crippen molar-refractivity contribution in [3.05, 3.63) is 59.1 Å². The van der Waals surface area contributed by atoms with Crippen LogP contribution in [-0.4, -0.2) is 43.2 Å². The van der Waals surface area contributed by atoms with Gasteiger partial charge >= 0.3 is 0 Å². The van der Waals surface area contributed by atoms with E-state index in [-0.39, 0.29) is 28.7 Å². The Kier molecular flexibility index (Phi) is 6.07. The highest BCUT2D eigenvalue weighted by Crippen LogP contribution is 2.29. The van der Waals surface area contributed by atoms with Crippen LogP contribution in [0.15, 0.2) is 53.4 Å². The van der Waals surface area contributed by atoms with Crippen molar-refractivity contribution >= 4 is 27.3 Å². The molecule has 1 fully saturated rings. The quantitative estimate of drug-likeness (QED) is 0.821. The van der Waals surface area contributed by atoms with Crippen molar-refractivity contribution in [3.63, 3.8) is 0 Å². The summed E-state index contributed by atoms with van der Waals surface area (Å²) in [4.78, 5) is 14.4. The van der Waals surface area contributed by atoms with Gasteiger partial charge < -0.3 is 10.0 Å². The molecule has 3 rings (SSSR count). The standard InChI is InChI=1S/C20H22ClNO4S/c21-17-3-7-19(8-4-17)27(25,26)14-11-20(24)22-12-9-16(10-13-22)15-1-5-18(23)6-2-15/h1-8,16,23H,9-14H2.